The van der Waals surface area contributed by atoms with Gasteiger partial charge < -0.3 is 10.6 Å². The minimum absolute atomic E-state index is 0.0650. The molecule has 1 saturated heterocycles. The van der Waals surface area contributed by atoms with Crippen molar-refractivity contribution in [1.82, 2.24) is 20.6 Å². The Bertz CT molecular complexity index is 447. The highest BCUT2D eigenvalue weighted by molar-refractivity contribution is 5.95. The predicted molar refractivity (Wildman–Crippen MR) is 74.1 cm³/mol. The van der Waals surface area contributed by atoms with Crippen molar-refractivity contribution in [2.24, 2.45) is 0 Å². The van der Waals surface area contributed by atoms with Crippen LogP contribution in [-0.2, 0) is 0 Å². The smallest absolute Gasteiger partial charge is 0.254 e. The van der Waals surface area contributed by atoms with Crippen molar-refractivity contribution in [3.05, 3.63) is 23.8 Å². The van der Waals surface area contributed by atoms with Crippen molar-refractivity contribution in [2.75, 3.05) is 6.54 Å². The average molecular weight is 262 g/mol. The second-order valence-electron chi connectivity index (χ2n) is 5.44. The molecule has 2 atom stereocenters. The Balaban J connectivity index is 2.11. The molecule has 2 N–H and O–H groups in total. The maximum absolute atomic E-state index is 12.4. The van der Waals surface area contributed by atoms with Gasteiger partial charge in [-0.15, -0.1) is 0 Å². The zero-order valence-corrected chi connectivity index (χ0v) is 11.8. The fraction of sp³-hybridized carbons (Fsp3) is 0.643. The van der Waals surface area contributed by atoms with Crippen LogP contribution >= 0.6 is 0 Å². The molecule has 0 bridgehead atoms. The molecule has 5 nitrogen and oxygen atoms in total. The molecule has 0 aromatic carbocycles. The van der Waals surface area contributed by atoms with Gasteiger partial charge in [0.05, 0.1) is 11.3 Å². The molecular weight excluding hydrogens is 240 g/mol. The van der Waals surface area contributed by atoms with Gasteiger partial charge in [0.15, 0.2) is 0 Å². The lowest BCUT2D eigenvalue weighted by Crippen LogP contribution is -2.52. The lowest BCUT2D eigenvalue weighted by Gasteiger charge is -2.30. The third-order valence-electron chi connectivity index (χ3n) is 3.61. The lowest BCUT2D eigenvalue weighted by molar-refractivity contribution is 0.0917. The molecule has 104 valence electrons. The molecule has 0 saturated carbocycles. The van der Waals surface area contributed by atoms with E-state index < -0.39 is 0 Å². The van der Waals surface area contributed by atoms with Crippen molar-refractivity contribution < 1.29 is 4.79 Å². The Hall–Kier alpha value is -1.49. The highest BCUT2D eigenvalue weighted by Crippen LogP contribution is 2.16. The number of nitrogens with zero attached hydrogens (tertiary/aromatic N) is 2. The first-order chi connectivity index (χ1) is 9.09. The van der Waals surface area contributed by atoms with Gasteiger partial charge in [-0.25, -0.2) is 9.97 Å². The quantitative estimate of drug-likeness (QED) is 0.865. The van der Waals surface area contributed by atoms with E-state index in [1.165, 1.54) is 6.33 Å². The van der Waals surface area contributed by atoms with E-state index in [0.29, 0.717) is 11.6 Å². The van der Waals surface area contributed by atoms with Crippen LogP contribution in [0.3, 0.4) is 0 Å². The van der Waals surface area contributed by atoms with Gasteiger partial charge in [0, 0.05) is 18.3 Å². The maximum Gasteiger partial charge on any atom is 0.254 e. The van der Waals surface area contributed by atoms with Crippen LogP contribution in [0.1, 0.15) is 55.6 Å². The number of carbonyl (C=O) groups is 1. The first kappa shape index (κ1) is 13.9. The third-order valence-corrected chi connectivity index (χ3v) is 3.61. The van der Waals surface area contributed by atoms with E-state index in [9.17, 15) is 4.79 Å². The van der Waals surface area contributed by atoms with E-state index in [-0.39, 0.29) is 17.9 Å². The number of piperidine rings is 1. The first-order valence-corrected chi connectivity index (χ1v) is 6.93. The summed E-state index contributed by atoms with van der Waals surface area (Å²) in [5, 5.41) is 6.48. The summed E-state index contributed by atoms with van der Waals surface area (Å²) in [6, 6.07) is 0.492. The summed E-state index contributed by atoms with van der Waals surface area (Å²) in [6.45, 7) is 7.20. The number of amides is 1. The van der Waals surface area contributed by atoms with E-state index in [2.05, 4.69) is 27.5 Å². The Morgan fingerprint density at radius 2 is 2.32 bits per heavy atom. The Morgan fingerprint density at radius 1 is 1.53 bits per heavy atom. The Kier molecular flexibility index (Phi) is 4.47. The van der Waals surface area contributed by atoms with Crippen molar-refractivity contribution in [3.8, 4) is 0 Å². The van der Waals surface area contributed by atoms with E-state index in [1.54, 1.807) is 6.20 Å². The molecule has 1 aromatic rings. The summed E-state index contributed by atoms with van der Waals surface area (Å²) in [5.41, 5.74) is 1.40. The van der Waals surface area contributed by atoms with Crippen LogP contribution in [0.2, 0.25) is 0 Å². The van der Waals surface area contributed by atoms with Gasteiger partial charge in [0.1, 0.15) is 6.33 Å². The number of aromatic nitrogens is 2. The fourth-order valence-electron chi connectivity index (χ4n) is 2.46. The SMILES string of the molecule is CC(C)c1ncncc1C(=O)NC1CCCNC1C. The Labute approximate surface area is 114 Å². The second-order valence-corrected chi connectivity index (χ2v) is 5.44. The maximum atomic E-state index is 12.4. The molecule has 1 aliphatic heterocycles. The minimum Gasteiger partial charge on any atom is -0.348 e. The zero-order chi connectivity index (χ0) is 13.8. The summed E-state index contributed by atoms with van der Waals surface area (Å²) < 4.78 is 0. The third kappa shape index (κ3) is 3.29. The summed E-state index contributed by atoms with van der Waals surface area (Å²) in [6.07, 6.45) is 5.22. The van der Waals surface area contributed by atoms with Gasteiger partial charge in [-0.05, 0) is 32.2 Å². The zero-order valence-electron chi connectivity index (χ0n) is 11.8. The summed E-state index contributed by atoms with van der Waals surface area (Å²) >= 11 is 0. The van der Waals surface area contributed by atoms with Crippen LogP contribution in [-0.4, -0.2) is 34.5 Å². The number of carbonyl (C=O) groups excluding carboxylic acids is 1. The molecule has 2 unspecified atom stereocenters. The normalized spacial score (nSPS) is 23.4. The number of hydrogen-bond acceptors (Lipinski definition) is 4. The van der Waals surface area contributed by atoms with Crippen LogP contribution in [0.4, 0.5) is 0 Å². The highest BCUT2D eigenvalue weighted by Gasteiger charge is 2.24. The molecular formula is C14H22N4O. The van der Waals surface area contributed by atoms with Gasteiger partial charge in [0.2, 0.25) is 0 Å². The van der Waals surface area contributed by atoms with Crippen LogP contribution in [0.5, 0.6) is 0 Å². The van der Waals surface area contributed by atoms with Crippen LogP contribution < -0.4 is 10.6 Å². The van der Waals surface area contributed by atoms with Crippen molar-refractivity contribution in [2.45, 2.75) is 51.6 Å². The van der Waals surface area contributed by atoms with Gasteiger partial charge in [0.25, 0.3) is 5.91 Å². The van der Waals surface area contributed by atoms with Crippen molar-refractivity contribution in [3.63, 3.8) is 0 Å². The molecule has 5 heteroatoms. The number of nitrogens with one attached hydrogen (secondary N) is 2. The highest BCUT2D eigenvalue weighted by atomic mass is 16.1. The van der Waals surface area contributed by atoms with Crippen molar-refractivity contribution in [1.29, 1.82) is 0 Å². The Morgan fingerprint density at radius 3 is 3.00 bits per heavy atom. The summed E-state index contributed by atoms with van der Waals surface area (Å²) in [7, 11) is 0. The van der Waals surface area contributed by atoms with Crippen molar-refractivity contribution >= 4 is 5.91 Å². The molecule has 0 aliphatic carbocycles. The average Bonchev–Trinajstić information content (AvgIpc) is 2.41. The molecule has 1 fully saturated rings. The first-order valence-electron chi connectivity index (χ1n) is 6.93. The van der Waals surface area contributed by atoms with E-state index >= 15 is 0 Å². The largest absolute Gasteiger partial charge is 0.348 e. The number of hydrogen-bond donors (Lipinski definition) is 2. The second kappa shape index (κ2) is 6.10. The van der Waals surface area contributed by atoms with E-state index in [1.807, 2.05) is 13.8 Å². The van der Waals surface area contributed by atoms with E-state index in [4.69, 9.17) is 0 Å². The molecule has 1 aromatic heterocycles. The summed E-state index contributed by atoms with van der Waals surface area (Å²) in [4.78, 5) is 20.6. The number of rotatable bonds is 3. The van der Waals surface area contributed by atoms with E-state index in [0.717, 1.165) is 25.1 Å². The molecule has 1 amide bonds. The molecule has 0 radical (unpaired) electrons. The van der Waals surface area contributed by atoms with Gasteiger partial charge in [-0.1, -0.05) is 13.8 Å². The van der Waals surface area contributed by atoms with Gasteiger partial charge >= 0.3 is 0 Å². The standard InChI is InChI=1S/C14H22N4O/c1-9(2)13-11(7-15-8-17-13)14(19)18-12-5-4-6-16-10(12)3/h7-10,12,16H,4-6H2,1-3H3,(H,18,19). The lowest BCUT2D eigenvalue weighted by atomic mass is 9.98. The molecule has 19 heavy (non-hydrogen) atoms. The topological polar surface area (TPSA) is 66.9 Å². The molecule has 1 aliphatic rings. The predicted octanol–water partition coefficient (Wildman–Crippen LogP) is 1.47. The fourth-order valence-corrected chi connectivity index (χ4v) is 2.46. The minimum atomic E-state index is -0.0650. The van der Waals surface area contributed by atoms with Crippen LogP contribution in [0, 0.1) is 0 Å². The molecule has 2 heterocycles. The van der Waals surface area contributed by atoms with Gasteiger partial charge in [-0.3, -0.25) is 4.79 Å². The monoisotopic (exact) mass is 262 g/mol. The molecule has 0 spiro atoms. The van der Waals surface area contributed by atoms with Gasteiger partial charge in [-0.2, -0.15) is 0 Å². The molecule has 2 rings (SSSR count). The van der Waals surface area contributed by atoms with Crippen LogP contribution in [0.25, 0.3) is 0 Å². The van der Waals surface area contributed by atoms with Crippen LogP contribution in [0.15, 0.2) is 12.5 Å². The summed E-state index contributed by atoms with van der Waals surface area (Å²) in [5.74, 6) is 0.149.